The quantitative estimate of drug-likeness (QED) is 0.444. The van der Waals surface area contributed by atoms with Gasteiger partial charge in [-0.05, 0) is 48.4 Å². The number of nitrogens with one attached hydrogen (secondary N) is 1. The van der Waals surface area contributed by atoms with Crippen molar-refractivity contribution in [3.8, 4) is 5.75 Å². The second-order valence-corrected chi connectivity index (χ2v) is 5.17. The molecule has 0 fully saturated rings. The van der Waals surface area contributed by atoms with Crippen LogP contribution in [0.3, 0.4) is 0 Å². The van der Waals surface area contributed by atoms with E-state index in [1.54, 1.807) is 19.2 Å². The zero-order chi connectivity index (χ0) is 16.7. The number of non-ortho nitro benzene ring substituents is 1. The highest BCUT2D eigenvalue weighted by atomic mass is 16.6. The molecule has 0 radical (unpaired) electrons. The van der Waals surface area contributed by atoms with E-state index >= 15 is 0 Å². The van der Waals surface area contributed by atoms with Crippen LogP contribution in [0.2, 0.25) is 0 Å². The van der Waals surface area contributed by atoms with Gasteiger partial charge in [-0.2, -0.15) is 0 Å². The number of aliphatic hydroxyl groups excluding tert-OH is 1. The van der Waals surface area contributed by atoms with Gasteiger partial charge in [0.05, 0.1) is 18.1 Å². The molecular weight excluding hydrogens is 296 g/mol. The summed E-state index contributed by atoms with van der Waals surface area (Å²) in [5.74, 6) is 0.829. The summed E-state index contributed by atoms with van der Waals surface area (Å²) in [5.41, 5.74) is 1.86. The largest absolute Gasteiger partial charge is 0.497 e. The van der Waals surface area contributed by atoms with Crippen molar-refractivity contribution in [1.82, 2.24) is 5.32 Å². The molecule has 0 aliphatic rings. The highest BCUT2D eigenvalue weighted by Gasteiger charge is 2.10. The number of nitro groups is 1. The first-order valence-corrected chi connectivity index (χ1v) is 7.36. The van der Waals surface area contributed by atoms with Crippen LogP contribution in [0.25, 0.3) is 0 Å². The Morgan fingerprint density at radius 2 is 1.83 bits per heavy atom. The van der Waals surface area contributed by atoms with Gasteiger partial charge in [-0.3, -0.25) is 10.1 Å². The van der Waals surface area contributed by atoms with E-state index in [-0.39, 0.29) is 5.69 Å². The summed E-state index contributed by atoms with van der Waals surface area (Å²) in [7, 11) is 1.64. The molecule has 0 unspecified atom stereocenters. The molecule has 6 nitrogen and oxygen atoms in total. The predicted octanol–water partition coefficient (Wildman–Crippen LogP) is 2.47. The third kappa shape index (κ3) is 5.05. The SMILES string of the molecule is COc1ccc(CCNC[C@H](O)c2ccc([N+](=O)[O-])cc2)cc1. The molecule has 0 spiro atoms. The van der Waals surface area contributed by atoms with Crippen molar-refractivity contribution in [1.29, 1.82) is 0 Å². The summed E-state index contributed by atoms with van der Waals surface area (Å²) in [6.45, 7) is 1.13. The van der Waals surface area contributed by atoms with Gasteiger partial charge < -0.3 is 15.2 Å². The molecule has 0 saturated heterocycles. The topological polar surface area (TPSA) is 84.6 Å². The number of hydrogen-bond acceptors (Lipinski definition) is 5. The van der Waals surface area contributed by atoms with Crippen LogP contribution in [0.1, 0.15) is 17.2 Å². The maximum Gasteiger partial charge on any atom is 0.269 e. The molecular formula is C17H20N2O4. The molecule has 0 heterocycles. The monoisotopic (exact) mass is 316 g/mol. The Morgan fingerprint density at radius 1 is 1.17 bits per heavy atom. The molecule has 6 heteroatoms. The molecule has 2 N–H and O–H groups in total. The number of hydrogen-bond donors (Lipinski definition) is 2. The summed E-state index contributed by atoms with van der Waals surface area (Å²) in [4.78, 5) is 10.1. The first-order chi connectivity index (χ1) is 11.1. The highest BCUT2D eigenvalue weighted by Crippen LogP contribution is 2.17. The van der Waals surface area contributed by atoms with E-state index in [0.717, 1.165) is 18.7 Å². The Balaban J connectivity index is 1.75. The lowest BCUT2D eigenvalue weighted by molar-refractivity contribution is -0.384. The van der Waals surface area contributed by atoms with E-state index in [2.05, 4.69) is 5.32 Å². The molecule has 0 saturated carbocycles. The molecule has 23 heavy (non-hydrogen) atoms. The molecule has 0 aromatic heterocycles. The fraction of sp³-hybridized carbons (Fsp3) is 0.294. The van der Waals surface area contributed by atoms with E-state index in [4.69, 9.17) is 4.74 Å². The Hall–Kier alpha value is -2.44. The normalized spacial score (nSPS) is 11.9. The molecule has 0 aliphatic heterocycles. The number of nitro benzene ring substituents is 1. The van der Waals surface area contributed by atoms with Crippen LogP contribution in [-0.2, 0) is 6.42 Å². The lowest BCUT2D eigenvalue weighted by atomic mass is 10.1. The van der Waals surface area contributed by atoms with Crippen molar-refractivity contribution >= 4 is 5.69 Å². The Labute approximate surface area is 134 Å². The van der Waals surface area contributed by atoms with Gasteiger partial charge >= 0.3 is 0 Å². The summed E-state index contributed by atoms with van der Waals surface area (Å²) < 4.78 is 5.11. The third-order valence-corrected chi connectivity index (χ3v) is 3.58. The van der Waals surface area contributed by atoms with Gasteiger partial charge in [-0.25, -0.2) is 0 Å². The average Bonchev–Trinajstić information content (AvgIpc) is 2.59. The second-order valence-electron chi connectivity index (χ2n) is 5.17. The minimum Gasteiger partial charge on any atom is -0.497 e. The third-order valence-electron chi connectivity index (χ3n) is 3.58. The summed E-state index contributed by atoms with van der Waals surface area (Å²) >= 11 is 0. The lowest BCUT2D eigenvalue weighted by Gasteiger charge is -2.12. The van der Waals surface area contributed by atoms with Gasteiger partial charge in [0.2, 0.25) is 0 Å². The predicted molar refractivity (Wildman–Crippen MR) is 87.6 cm³/mol. The molecule has 0 bridgehead atoms. The molecule has 1 atom stereocenters. The standard InChI is InChI=1S/C17H20N2O4/c1-23-16-8-2-13(3-9-16)10-11-18-12-17(20)14-4-6-15(7-5-14)19(21)22/h2-9,17-18,20H,10-12H2,1H3/t17-/m0/s1. The summed E-state index contributed by atoms with van der Waals surface area (Å²) in [6, 6.07) is 13.8. The maximum atomic E-state index is 10.6. The van der Waals surface area contributed by atoms with Crippen molar-refractivity contribution < 1.29 is 14.8 Å². The van der Waals surface area contributed by atoms with Gasteiger partial charge in [0, 0.05) is 18.7 Å². The number of methoxy groups -OCH3 is 1. The van der Waals surface area contributed by atoms with Gasteiger partial charge in [0.1, 0.15) is 5.75 Å². The summed E-state index contributed by atoms with van der Waals surface area (Å²) in [6.07, 6.45) is 0.156. The smallest absolute Gasteiger partial charge is 0.269 e. The van der Waals surface area contributed by atoms with E-state index in [0.29, 0.717) is 12.1 Å². The fourth-order valence-electron chi connectivity index (χ4n) is 2.20. The van der Waals surface area contributed by atoms with Gasteiger partial charge in [-0.1, -0.05) is 12.1 Å². The number of ether oxygens (including phenoxy) is 1. The summed E-state index contributed by atoms with van der Waals surface area (Å²) in [5, 5.41) is 23.8. The van der Waals surface area contributed by atoms with Crippen molar-refractivity contribution in [3.05, 3.63) is 69.8 Å². The molecule has 2 aromatic rings. The van der Waals surface area contributed by atoms with Crippen molar-refractivity contribution in [2.45, 2.75) is 12.5 Å². The minimum atomic E-state index is -0.688. The first-order valence-electron chi connectivity index (χ1n) is 7.36. The lowest BCUT2D eigenvalue weighted by Crippen LogP contribution is -2.23. The Bertz CT molecular complexity index is 626. The van der Waals surface area contributed by atoms with Gasteiger partial charge in [0.25, 0.3) is 5.69 Å². The van der Waals surface area contributed by atoms with Gasteiger partial charge in [0.15, 0.2) is 0 Å². The zero-order valence-electron chi connectivity index (χ0n) is 12.9. The van der Waals surface area contributed by atoms with Crippen LogP contribution < -0.4 is 10.1 Å². The zero-order valence-corrected chi connectivity index (χ0v) is 12.9. The van der Waals surface area contributed by atoms with E-state index in [1.165, 1.54) is 17.7 Å². The molecule has 0 amide bonds. The van der Waals surface area contributed by atoms with Crippen LogP contribution in [0.4, 0.5) is 5.69 Å². The van der Waals surface area contributed by atoms with Crippen LogP contribution in [0.5, 0.6) is 5.75 Å². The first kappa shape index (κ1) is 16.9. The second kappa shape index (κ2) is 8.26. The average molecular weight is 316 g/mol. The number of rotatable bonds is 8. The van der Waals surface area contributed by atoms with Crippen LogP contribution >= 0.6 is 0 Å². The Morgan fingerprint density at radius 3 is 2.39 bits per heavy atom. The number of nitrogens with zero attached hydrogens (tertiary/aromatic N) is 1. The van der Waals surface area contributed by atoms with Crippen molar-refractivity contribution in [2.75, 3.05) is 20.2 Å². The van der Waals surface area contributed by atoms with Crippen LogP contribution in [-0.4, -0.2) is 30.2 Å². The number of aliphatic hydroxyl groups is 1. The molecule has 122 valence electrons. The van der Waals surface area contributed by atoms with Crippen LogP contribution in [0.15, 0.2) is 48.5 Å². The van der Waals surface area contributed by atoms with Crippen molar-refractivity contribution in [2.24, 2.45) is 0 Å². The van der Waals surface area contributed by atoms with E-state index in [1.807, 2.05) is 24.3 Å². The molecule has 2 aromatic carbocycles. The van der Waals surface area contributed by atoms with Gasteiger partial charge in [-0.15, -0.1) is 0 Å². The van der Waals surface area contributed by atoms with E-state index < -0.39 is 11.0 Å². The number of benzene rings is 2. The molecule has 2 rings (SSSR count). The minimum absolute atomic E-state index is 0.0217. The highest BCUT2D eigenvalue weighted by molar-refractivity contribution is 5.33. The van der Waals surface area contributed by atoms with Crippen LogP contribution in [0, 0.1) is 10.1 Å². The fourth-order valence-corrected chi connectivity index (χ4v) is 2.20. The Kier molecular flexibility index (Phi) is 6.08. The molecule has 0 aliphatic carbocycles. The van der Waals surface area contributed by atoms with E-state index in [9.17, 15) is 15.2 Å². The maximum absolute atomic E-state index is 10.6. The van der Waals surface area contributed by atoms with Crippen molar-refractivity contribution in [3.63, 3.8) is 0 Å².